The maximum Gasteiger partial charge on any atom is 0.573 e. The molecular weight excluding hydrogens is 263 g/mol. The first-order valence-electron chi connectivity index (χ1n) is 4.55. The van der Waals surface area contributed by atoms with E-state index >= 15 is 0 Å². The van der Waals surface area contributed by atoms with E-state index in [2.05, 4.69) is 9.47 Å². The van der Waals surface area contributed by atoms with Gasteiger partial charge in [-0.05, 0) is 19.1 Å². The average Bonchev–Trinajstić information content (AvgIpc) is 2.17. The number of carbonyl (C=O) groups is 1. The molecule has 0 atom stereocenters. The smallest absolute Gasteiger partial charge is 0.430 e. The van der Waals surface area contributed by atoms with Crippen LogP contribution in [0.5, 0.6) is 11.5 Å². The lowest BCUT2D eigenvalue weighted by Gasteiger charge is -2.15. The van der Waals surface area contributed by atoms with E-state index in [0.29, 0.717) is 0 Å². The number of halogens is 5. The second kappa shape index (κ2) is 5.19. The van der Waals surface area contributed by atoms with Crippen LogP contribution in [0.2, 0.25) is 0 Å². The van der Waals surface area contributed by atoms with Crippen LogP contribution in [-0.2, 0) is 0 Å². The van der Waals surface area contributed by atoms with Crippen LogP contribution in [0.25, 0.3) is 0 Å². The minimum atomic E-state index is -5.07. The molecule has 1 rings (SSSR count). The molecule has 0 aliphatic rings. The van der Waals surface area contributed by atoms with Crippen molar-refractivity contribution in [3.63, 3.8) is 0 Å². The van der Waals surface area contributed by atoms with E-state index in [1.54, 1.807) is 0 Å². The van der Waals surface area contributed by atoms with Gasteiger partial charge in [-0.2, -0.15) is 8.78 Å². The molecule has 0 saturated heterocycles. The molecule has 0 bridgehead atoms. The molecular formula is C10H7F5O3. The van der Waals surface area contributed by atoms with Gasteiger partial charge in [-0.3, -0.25) is 4.79 Å². The van der Waals surface area contributed by atoms with Crippen LogP contribution in [0, 0.1) is 0 Å². The van der Waals surface area contributed by atoms with Crippen molar-refractivity contribution in [2.45, 2.75) is 19.9 Å². The quantitative estimate of drug-likeness (QED) is 0.621. The van der Waals surface area contributed by atoms with Gasteiger partial charge in [0.05, 0.1) is 5.56 Å². The third kappa shape index (κ3) is 3.86. The Labute approximate surface area is 98.1 Å². The van der Waals surface area contributed by atoms with Crippen molar-refractivity contribution in [1.29, 1.82) is 0 Å². The summed E-state index contributed by atoms with van der Waals surface area (Å²) in [5.74, 6) is -2.65. The minimum Gasteiger partial charge on any atom is -0.430 e. The molecule has 8 heteroatoms. The fraction of sp³-hybridized carbons (Fsp3) is 0.300. The molecule has 18 heavy (non-hydrogen) atoms. The van der Waals surface area contributed by atoms with E-state index in [4.69, 9.17) is 0 Å². The second-order valence-electron chi connectivity index (χ2n) is 3.12. The number of rotatable bonds is 4. The molecule has 0 spiro atoms. The maximum atomic E-state index is 12.1. The van der Waals surface area contributed by atoms with Crippen LogP contribution in [0.3, 0.4) is 0 Å². The third-order valence-corrected chi connectivity index (χ3v) is 1.79. The van der Waals surface area contributed by atoms with Gasteiger partial charge in [-0.1, -0.05) is 6.07 Å². The van der Waals surface area contributed by atoms with Crippen molar-refractivity contribution >= 4 is 5.78 Å². The molecule has 100 valence electrons. The lowest BCUT2D eigenvalue weighted by molar-refractivity contribution is -0.275. The summed E-state index contributed by atoms with van der Waals surface area (Å²) in [5, 5.41) is 0. The Morgan fingerprint density at radius 2 is 1.89 bits per heavy atom. The molecule has 0 aliphatic heterocycles. The van der Waals surface area contributed by atoms with Crippen molar-refractivity contribution in [1.82, 2.24) is 0 Å². The van der Waals surface area contributed by atoms with Gasteiger partial charge >= 0.3 is 13.0 Å². The Bertz CT molecular complexity index is 442. The van der Waals surface area contributed by atoms with Crippen molar-refractivity contribution in [2.24, 2.45) is 0 Å². The summed E-state index contributed by atoms with van der Waals surface area (Å²) in [4.78, 5) is 11.1. The molecule has 0 saturated carbocycles. The number of alkyl halides is 5. The fourth-order valence-electron chi connectivity index (χ4n) is 1.21. The summed E-state index contributed by atoms with van der Waals surface area (Å²) < 4.78 is 67.8. The van der Waals surface area contributed by atoms with E-state index in [0.717, 1.165) is 25.1 Å². The monoisotopic (exact) mass is 270 g/mol. The number of ketones is 1. The molecule has 1 aromatic carbocycles. The first kappa shape index (κ1) is 14.2. The van der Waals surface area contributed by atoms with Crippen LogP contribution in [0.1, 0.15) is 17.3 Å². The van der Waals surface area contributed by atoms with Crippen molar-refractivity contribution in [3.05, 3.63) is 23.8 Å². The number of hydrogen-bond donors (Lipinski definition) is 0. The molecule has 0 N–H and O–H groups in total. The van der Waals surface area contributed by atoms with Gasteiger partial charge in [-0.25, -0.2) is 0 Å². The average molecular weight is 270 g/mol. The molecule has 0 aromatic heterocycles. The molecule has 0 fully saturated rings. The van der Waals surface area contributed by atoms with E-state index in [1.165, 1.54) is 0 Å². The Balaban J connectivity index is 3.23. The first-order valence-corrected chi connectivity index (χ1v) is 4.55. The summed E-state index contributed by atoms with van der Waals surface area (Å²) in [7, 11) is 0. The molecule has 0 unspecified atom stereocenters. The summed E-state index contributed by atoms with van der Waals surface area (Å²) in [5.41, 5.74) is -0.419. The van der Waals surface area contributed by atoms with Gasteiger partial charge in [0.15, 0.2) is 17.3 Å². The largest absolute Gasteiger partial charge is 0.573 e. The molecule has 3 nitrogen and oxygen atoms in total. The van der Waals surface area contributed by atoms with Crippen LogP contribution in [0.4, 0.5) is 22.0 Å². The van der Waals surface area contributed by atoms with Crippen LogP contribution < -0.4 is 9.47 Å². The van der Waals surface area contributed by atoms with Gasteiger partial charge in [0.2, 0.25) is 0 Å². The predicted octanol–water partition coefficient (Wildman–Crippen LogP) is 3.39. The molecule has 0 aliphatic carbocycles. The zero-order valence-electron chi connectivity index (χ0n) is 8.92. The highest BCUT2D eigenvalue weighted by Gasteiger charge is 2.33. The van der Waals surface area contributed by atoms with Crippen molar-refractivity contribution in [3.8, 4) is 11.5 Å². The number of carbonyl (C=O) groups excluding carboxylic acids is 1. The summed E-state index contributed by atoms with van der Waals surface area (Å²) in [6, 6.07) is 2.90. The molecule has 0 radical (unpaired) electrons. The van der Waals surface area contributed by atoms with E-state index in [1.807, 2.05) is 0 Å². The third-order valence-electron chi connectivity index (χ3n) is 1.79. The number of Topliss-reactive ketones (excluding diaryl/α,β-unsaturated/α-hetero) is 1. The number of ether oxygens (including phenoxy) is 2. The van der Waals surface area contributed by atoms with Crippen molar-refractivity contribution < 1.29 is 36.2 Å². The van der Waals surface area contributed by atoms with E-state index in [-0.39, 0.29) is 0 Å². The van der Waals surface area contributed by atoms with Crippen molar-refractivity contribution in [2.75, 3.05) is 0 Å². The Hall–Kier alpha value is -1.86. The maximum absolute atomic E-state index is 12.1. The van der Waals surface area contributed by atoms with Gasteiger partial charge in [0.25, 0.3) is 0 Å². The number of hydrogen-bond acceptors (Lipinski definition) is 3. The summed E-state index contributed by atoms with van der Waals surface area (Å²) in [6.45, 7) is -2.37. The molecule has 1 aromatic rings. The van der Waals surface area contributed by atoms with Crippen LogP contribution in [-0.4, -0.2) is 18.8 Å². The Kier molecular flexibility index (Phi) is 4.10. The van der Waals surface area contributed by atoms with Gasteiger partial charge in [0.1, 0.15) is 0 Å². The SMILES string of the molecule is CC(=O)c1cccc(OC(F)(F)F)c1OC(F)F. The predicted molar refractivity (Wildman–Crippen MR) is 49.8 cm³/mol. The highest BCUT2D eigenvalue weighted by Crippen LogP contribution is 2.36. The lowest BCUT2D eigenvalue weighted by atomic mass is 10.1. The normalized spacial score (nSPS) is 11.5. The summed E-state index contributed by atoms with van der Waals surface area (Å²) in [6.07, 6.45) is -5.07. The number of benzene rings is 1. The summed E-state index contributed by atoms with van der Waals surface area (Å²) >= 11 is 0. The highest BCUT2D eigenvalue weighted by molar-refractivity contribution is 5.97. The highest BCUT2D eigenvalue weighted by atomic mass is 19.4. The van der Waals surface area contributed by atoms with Crippen LogP contribution in [0.15, 0.2) is 18.2 Å². The second-order valence-corrected chi connectivity index (χ2v) is 3.12. The molecule has 0 amide bonds. The zero-order valence-corrected chi connectivity index (χ0v) is 8.92. The standard InChI is InChI=1S/C10H7F5O3/c1-5(16)6-3-2-4-7(18-10(13,14)15)8(6)17-9(11)12/h2-4,9H,1H3. The fourth-order valence-corrected chi connectivity index (χ4v) is 1.21. The first-order chi connectivity index (χ1) is 8.20. The van der Waals surface area contributed by atoms with Gasteiger partial charge in [-0.15, -0.1) is 13.2 Å². The van der Waals surface area contributed by atoms with E-state index < -0.39 is 35.8 Å². The van der Waals surface area contributed by atoms with E-state index in [9.17, 15) is 26.7 Å². The molecule has 0 heterocycles. The lowest BCUT2D eigenvalue weighted by Crippen LogP contribution is -2.19. The number of para-hydroxylation sites is 1. The minimum absolute atomic E-state index is 0.419. The topological polar surface area (TPSA) is 35.5 Å². The Morgan fingerprint density at radius 3 is 2.33 bits per heavy atom. The Morgan fingerprint density at radius 1 is 1.28 bits per heavy atom. The van der Waals surface area contributed by atoms with Gasteiger partial charge in [0, 0.05) is 0 Å². The van der Waals surface area contributed by atoms with Gasteiger partial charge < -0.3 is 9.47 Å². The zero-order chi connectivity index (χ0) is 13.9. The van der Waals surface area contributed by atoms with Crippen LogP contribution >= 0.6 is 0 Å².